The van der Waals surface area contributed by atoms with Gasteiger partial charge in [0.1, 0.15) is 5.75 Å². The molecule has 2 saturated carbocycles. The third-order valence-corrected chi connectivity index (χ3v) is 7.55. The Morgan fingerprint density at radius 3 is 2.19 bits per heavy atom. The van der Waals surface area contributed by atoms with Crippen LogP contribution in [0.2, 0.25) is 5.02 Å². The van der Waals surface area contributed by atoms with Gasteiger partial charge in [0.15, 0.2) is 12.4 Å². The first-order chi connectivity index (χ1) is 15.0. The molecule has 3 fully saturated rings. The highest BCUT2D eigenvalue weighted by Gasteiger charge is 2.67. The number of hydrogen-bond acceptors (Lipinski definition) is 4. The lowest BCUT2D eigenvalue weighted by Gasteiger charge is -2.37. The van der Waals surface area contributed by atoms with Crippen molar-refractivity contribution in [2.24, 2.45) is 35.5 Å². The Balaban J connectivity index is 1.26. The van der Waals surface area contributed by atoms with Gasteiger partial charge in [-0.3, -0.25) is 14.4 Å². The monoisotopic (exact) mass is 433 g/mol. The summed E-state index contributed by atoms with van der Waals surface area (Å²) < 4.78 is 5.80. The van der Waals surface area contributed by atoms with Crippen LogP contribution in [-0.2, 0) is 9.59 Å². The van der Waals surface area contributed by atoms with Gasteiger partial charge in [-0.15, -0.1) is 0 Å². The number of hydrogen-bond donors (Lipinski definition) is 0. The summed E-state index contributed by atoms with van der Waals surface area (Å²) in [5, 5.41) is 0.552. The molecule has 2 aromatic carbocycles. The Kier molecular flexibility index (Phi) is 4.12. The maximum atomic E-state index is 13.4. The highest BCUT2D eigenvalue weighted by atomic mass is 35.5. The highest BCUT2D eigenvalue weighted by Crippen LogP contribution is 2.65. The van der Waals surface area contributed by atoms with E-state index < -0.39 is 0 Å². The molecule has 6 heteroatoms. The fraction of sp³-hybridized carbons (Fsp3) is 0.320. The maximum Gasteiger partial charge on any atom is 0.238 e. The summed E-state index contributed by atoms with van der Waals surface area (Å²) in [4.78, 5) is 40.6. The second kappa shape index (κ2) is 6.79. The number of carbonyl (C=O) groups is 3. The summed E-state index contributed by atoms with van der Waals surface area (Å²) >= 11 is 5.88. The van der Waals surface area contributed by atoms with E-state index in [0.717, 1.165) is 6.42 Å². The van der Waals surface area contributed by atoms with Gasteiger partial charge in [-0.05, 0) is 66.5 Å². The second-order valence-electron chi connectivity index (χ2n) is 8.85. The molecule has 0 aromatic heterocycles. The van der Waals surface area contributed by atoms with Crippen LogP contribution in [0, 0.1) is 35.5 Å². The lowest BCUT2D eigenvalue weighted by atomic mass is 9.63. The van der Waals surface area contributed by atoms with E-state index in [0.29, 0.717) is 33.9 Å². The molecule has 2 aromatic rings. The molecule has 1 saturated heterocycles. The molecule has 31 heavy (non-hydrogen) atoms. The van der Waals surface area contributed by atoms with Crippen molar-refractivity contribution in [2.75, 3.05) is 11.5 Å². The zero-order valence-corrected chi connectivity index (χ0v) is 17.4. The van der Waals surface area contributed by atoms with Crippen LogP contribution >= 0.6 is 11.6 Å². The smallest absolute Gasteiger partial charge is 0.238 e. The van der Waals surface area contributed by atoms with E-state index in [4.69, 9.17) is 16.3 Å². The average Bonchev–Trinajstić information content (AvgIpc) is 3.56. The molecule has 2 amide bonds. The highest BCUT2D eigenvalue weighted by molar-refractivity contribution is 6.30. The molecule has 0 N–H and O–H groups in total. The Morgan fingerprint density at radius 1 is 0.935 bits per heavy atom. The number of imide groups is 1. The van der Waals surface area contributed by atoms with Gasteiger partial charge in [-0.25, -0.2) is 4.90 Å². The van der Waals surface area contributed by atoms with Crippen molar-refractivity contribution < 1.29 is 19.1 Å². The first-order valence-electron chi connectivity index (χ1n) is 10.6. The summed E-state index contributed by atoms with van der Waals surface area (Å²) in [6.07, 6.45) is 5.44. The number of ketones is 1. The van der Waals surface area contributed by atoms with Crippen molar-refractivity contribution in [3.05, 3.63) is 71.3 Å². The number of anilines is 1. The van der Waals surface area contributed by atoms with Crippen LogP contribution in [-0.4, -0.2) is 24.2 Å². The van der Waals surface area contributed by atoms with E-state index in [-0.39, 0.29) is 47.9 Å². The lowest BCUT2D eigenvalue weighted by Crippen LogP contribution is -2.40. The van der Waals surface area contributed by atoms with E-state index in [1.807, 2.05) is 0 Å². The summed E-state index contributed by atoms with van der Waals surface area (Å²) in [5.74, 6) is 0.775. The number of halogens is 1. The number of ether oxygens (including phenoxy) is 1. The SMILES string of the molecule is O=C(COc1ccccc1N1C(=O)[C@@H]2[C@@H]3C=C[C@H]([C@H]4C[C@@H]34)[C@@H]2C1=O)c1ccc(Cl)cc1. The number of amides is 2. The zero-order valence-electron chi connectivity index (χ0n) is 16.6. The standard InChI is InChI=1S/C25H20ClNO4/c26-14-7-5-13(6-8-14)20(28)12-31-21-4-2-1-3-19(21)27-24(29)22-15-9-10-16(18-11-17(15)18)23(22)25(27)30/h1-10,15-18,22-23H,11-12H2/t15-,16-,17-,18+,22+,23-/m1/s1. The molecule has 6 atom stereocenters. The molecular formula is C25H20ClNO4. The fourth-order valence-corrected chi connectivity index (χ4v) is 5.95. The number of nitrogens with zero attached hydrogens (tertiary/aromatic N) is 1. The molecule has 0 spiro atoms. The largest absolute Gasteiger partial charge is 0.483 e. The molecule has 5 nitrogen and oxygen atoms in total. The lowest BCUT2D eigenvalue weighted by molar-refractivity contribution is -0.124. The van der Waals surface area contributed by atoms with Crippen LogP contribution in [0.1, 0.15) is 16.8 Å². The molecule has 7 rings (SSSR count). The molecule has 0 unspecified atom stereocenters. The summed E-state index contributed by atoms with van der Waals surface area (Å²) in [6, 6.07) is 13.5. The van der Waals surface area contributed by atoms with Gasteiger partial charge in [-0.2, -0.15) is 0 Å². The molecule has 1 heterocycles. The van der Waals surface area contributed by atoms with Crippen LogP contribution in [0.3, 0.4) is 0 Å². The second-order valence-corrected chi connectivity index (χ2v) is 9.29. The number of para-hydroxylation sites is 2. The van der Waals surface area contributed by atoms with E-state index in [1.54, 1.807) is 48.5 Å². The quantitative estimate of drug-likeness (QED) is 0.403. The number of carbonyl (C=O) groups excluding carboxylic acids is 3. The zero-order chi connectivity index (χ0) is 21.3. The molecule has 1 aliphatic heterocycles. The van der Waals surface area contributed by atoms with Gasteiger partial charge in [0, 0.05) is 10.6 Å². The van der Waals surface area contributed by atoms with Crippen molar-refractivity contribution in [1.82, 2.24) is 0 Å². The van der Waals surface area contributed by atoms with Crippen LogP contribution in [0.5, 0.6) is 5.75 Å². The number of Topliss-reactive ketones (excluding diaryl/α,β-unsaturated/α-hetero) is 1. The van der Waals surface area contributed by atoms with E-state index in [1.165, 1.54) is 4.90 Å². The van der Waals surface area contributed by atoms with Crippen molar-refractivity contribution in [1.29, 1.82) is 0 Å². The molecule has 4 aliphatic carbocycles. The third kappa shape index (κ3) is 2.79. The first kappa shape index (κ1) is 18.8. The van der Waals surface area contributed by atoms with Gasteiger partial charge in [0.05, 0.1) is 17.5 Å². The van der Waals surface area contributed by atoms with E-state index >= 15 is 0 Å². The van der Waals surface area contributed by atoms with Crippen LogP contribution in [0.4, 0.5) is 5.69 Å². The predicted octanol–water partition coefficient (Wildman–Crippen LogP) is 4.16. The normalized spacial score (nSPS) is 32.1. The first-order valence-corrected chi connectivity index (χ1v) is 11.0. The Bertz CT molecular complexity index is 1100. The average molecular weight is 434 g/mol. The van der Waals surface area contributed by atoms with Crippen LogP contribution in [0.25, 0.3) is 0 Å². The van der Waals surface area contributed by atoms with Crippen molar-refractivity contribution in [2.45, 2.75) is 6.42 Å². The van der Waals surface area contributed by atoms with Crippen molar-refractivity contribution in [3.8, 4) is 5.75 Å². The maximum absolute atomic E-state index is 13.4. The Labute approximate surface area is 184 Å². The summed E-state index contributed by atoms with van der Waals surface area (Å²) in [7, 11) is 0. The van der Waals surface area contributed by atoms with Gasteiger partial charge in [-0.1, -0.05) is 35.9 Å². The fourth-order valence-electron chi connectivity index (χ4n) is 5.82. The summed E-state index contributed by atoms with van der Waals surface area (Å²) in [6.45, 7) is -0.196. The molecule has 5 aliphatic rings. The van der Waals surface area contributed by atoms with Crippen molar-refractivity contribution >= 4 is 34.9 Å². The minimum absolute atomic E-state index is 0.139. The topological polar surface area (TPSA) is 63.7 Å². The van der Waals surface area contributed by atoms with Crippen LogP contribution in [0.15, 0.2) is 60.7 Å². The molecule has 0 radical (unpaired) electrons. The van der Waals surface area contributed by atoms with E-state index in [2.05, 4.69) is 12.2 Å². The minimum Gasteiger partial charge on any atom is -0.483 e. The molecule has 156 valence electrons. The Morgan fingerprint density at radius 2 is 1.55 bits per heavy atom. The number of allylic oxidation sites excluding steroid dienone is 2. The van der Waals surface area contributed by atoms with Gasteiger partial charge < -0.3 is 4.74 Å². The third-order valence-electron chi connectivity index (χ3n) is 7.29. The number of rotatable bonds is 5. The molecular weight excluding hydrogens is 414 g/mol. The number of benzene rings is 2. The van der Waals surface area contributed by atoms with Gasteiger partial charge in [0.25, 0.3) is 0 Å². The Hall–Kier alpha value is -2.92. The van der Waals surface area contributed by atoms with Gasteiger partial charge in [0.2, 0.25) is 11.8 Å². The summed E-state index contributed by atoms with van der Waals surface area (Å²) in [5.41, 5.74) is 0.909. The van der Waals surface area contributed by atoms with Crippen molar-refractivity contribution in [3.63, 3.8) is 0 Å². The minimum atomic E-state index is -0.269. The van der Waals surface area contributed by atoms with Gasteiger partial charge >= 0.3 is 0 Å². The van der Waals surface area contributed by atoms with Crippen LogP contribution < -0.4 is 9.64 Å². The predicted molar refractivity (Wildman–Crippen MR) is 115 cm³/mol. The molecule has 2 bridgehead atoms. The van der Waals surface area contributed by atoms with E-state index in [9.17, 15) is 14.4 Å².